The van der Waals surface area contributed by atoms with Gasteiger partial charge in [-0.25, -0.2) is 9.97 Å². The largest absolute Gasteiger partial charge is 0.416 e. The highest BCUT2D eigenvalue weighted by atomic mass is 19.4. The van der Waals surface area contributed by atoms with Crippen LogP contribution in [-0.4, -0.2) is 52.0 Å². The summed E-state index contributed by atoms with van der Waals surface area (Å²) in [7, 11) is 0. The minimum Gasteiger partial charge on any atom is -0.369 e. The second-order valence-corrected chi connectivity index (χ2v) is 12.2. The number of hydrogen-bond donors (Lipinski definition) is 0. The van der Waals surface area contributed by atoms with E-state index in [9.17, 15) is 31.1 Å². The highest BCUT2D eigenvalue weighted by Gasteiger charge is 2.41. The molecule has 0 N–H and O–H groups in total. The number of aromatic nitrogens is 2. The molecule has 1 aliphatic heterocycles. The van der Waals surface area contributed by atoms with Crippen molar-refractivity contribution in [2.75, 3.05) is 22.9 Å². The summed E-state index contributed by atoms with van der Waals surface area (Å²) in [5, 5.41) is 0. The summed E-state index contributed by atoms with van der Waals surface area (Å²) < 4.78 is 82.9. The number of carbonyl (C=O) groups excluding carboxylic acids is 1. The summed E-state index contributed by atoms with van der Waals surface area (Å²) in [5.41, 5.74) is -1.08. The Hall–Kier alpha value is -3.83. The number of alkyl halides is 6. The van der Waals surface area contributed by atoms with Gasteiger partial charge in [0.1, 0.15) is 0 Å². The van der Waals surface area contributed by atoms with E-state index in [4.69, 9.17) is 0 Å². The first-order valence-corrected chi connectivity index (χ1v) is 16.2. The third-order valence-electron chi connectivity index (χ3n) is 8.70. The van der Waals surface area contributed by atoms with Crippen molar-refractivity contribution in [1.29, 1.82) is 0 Å². The first-order valence-electron chi connectivity index (χ1n) is 16.2. The lowest BCUT2D eigenvalue weighted by atomic mass is 9.85. The molecule has 1 amide bonds. The van der Waals surface area contributed by atoms with Gasteiger partial charge in [-0.1, -0.05) is 51.1 Å². The number of anilines is 2. The second-order valence-electron chi connectivity index (χ2n) is 12.2. The standard InChI is InChI=1S/C35H43F6N5O/c1-5-13-44(14-6-2)32-21-42-33(43-22-32)45(23-26-15-27(34(36,37)38)18-28(16-26)35(39,40)41)30-19-29(7-3)46(24(4)47)31(20-30)17-25-11-9-8-10-12-25/h8-12,15-16,18,21-22,29-31H,5-7,13-14,17,19-20,23H2,1-4H3/t29-,30+,31+/m1/s1. The molecule has 0 unspecified atom stereocenters. The predicted molar refractivity (Wildman–Crippen MR) is 171 cm³/mol. The molecule has 256 valence electrons. The van der Waals surface area contributed by atoms with Crippen LogP contribution in [0.15, 0.2) is 60.9 Å². The van der Waals surface area contributed by atoms with Gasteiger partial charge in [0.25, 0.3) is 0 Å². The Morgan fingerprint density at radius 2 is 1.38 bits per heavy atom. The highest BCUT2D eigenvalue weighted by molar-refractivity contribution is 5.74. The number of halogens is 6. The van der Waals surface area contributed by atoms with Gasteiger partial charge in [0, 0.05) is 44.7 Å². The smallest absolute Gasteiger partial charge is 0.369 e. The van der Waals surface area contributed by atoms with Crippen LogP contribution >= 0.6 is 0 Å². The molecule has 4 rings (SSSR count). The van der Waals surface area contributed by atoms with Crippen LogP contribution < -0.4 is 9.80 Å². The van der Waals surface area contributed by atoms with Crippen molar-refractivity contribution in [3.05, 3.63) is 83.2 Å². The number of carbonyl (C=O) groups is 1. The molecule has 1 saturated heterocycles. The van der Waals surface area contributed by atoms with E-state index in [0.717, 1.165) is 49.3 Å². The Kier molecular flexibility index (Phi) is 11.8. The van der Waals surface area contributed by atoms with Crippen LogP contribution in [0.25, 0.3) is 0 Å². The minimum atomic E-state index is -4.97. The zero-order valence-electron chi connectivity index (χ0n) is 27.3. The minimum absolute atomic E-state index is 0.0805. The van der Waals surface area contributed by atoms with E-state index in [-0.39, 0.29) is 48.2 Å². The molecule has 47 heavy (non-hydrogen) atoms. The average molecular weight is 664 g/mol. The van der Waals surface area contributed by atoms with Crippen molar-refractivity contribution >= 4 is 17.5 Å². The molecule has 0 aliphatic carbocycles. The van der Waals surface area contributed by atoms with Crippen molar-refractivity contribution in [2.45, 2.75) is 103 Å². The Balaban J connectivity index is 1.80. The zero-order chi connectivity index (χ0) is 34.4. The summed E-state index contributed by atoms with van der Waals surface area (Å²) >= 11 is 0. The highest BCUT2D eigenvalue weighted by Crippen LogP contribution is 2.38. The van der Waals surface area contributed by atoms with E-state index in [1.54, 1.807) is 17.3 Å². The van der Waals surface area contributed by atoms with Crippen molar-refractivity contribution in [3.63, 3.8) is 0 Å². The Morgan fingerprint density at radius 3 is 1.87 bits per heavy atom. The number of rotatable bonds is 12. The van der Waals surface area contributed by atoms with Crippen LogP contribution in [0, 0.1) is 0 Å². The van der Waals surface area contributed by atoms with Crippen molar-refractivity contribution in [1.82, 2.24) is 14.9 Å². The molecule has 0 spiro atoms. The molecule has 0 bridgehead atoms. The molecule has 0 radical (unpaired) electrons. The first kappa shape index (κ1) is 36.0. The molecule has 2 aromatic carbocycles. The van der Waals surface area contributed by atoms with E-state index in [1.807, 2.05) is 42.2 Å². The molecule has 1 fully saturated rings. The molecule has 3 aromatic rings. The fourth-order valence-corrected chi connectivity index (χ4v) is 6.66. The van der Waals surface area contributed by atoms with Gasteiger partial charge in [-0.3, -0.25) is 4.79 Å². The molecule has 6 nitrogen and oxygen atoms in total. The van der Waals surface area contributed by atoms with Crippen LogP contribution in [0.2, 0.25) is 0 Å². The van der Waals surface area contributed by atoms with Gasteiger partial charge in [-0.05, 0) is 67.9 Å². The number of amides is 1. The molecule has 2 heterocycles. The Morgan fingerprint density at radius 1 is 0.830 bits per heavy atom. The monoisotopic (exact) mass is 663 g/mol. The zero-order valence-corrected chi connectivity index (χ0v) is 27.3. The lowest BCUT2D eigenvalue weighted by molar-refractivity contribution is -0.143. The third kappa shape index (κ3) is 9.16. The number of likely N-dealkylation sites (tertiary alicyclic amines) is 1. The van der Waals surface area contributed by atoms with Crippen molar-refractivity contribution in [3.8, 4) is 0 Å². The van der Waals surface area contributed by atoms with Gasteiger partial charge in [-0.2, -0.15) is 26.3 Å². The van der Waals surface area contributed by atoms with Crippen LogP contribution in [0.5, 0.6) is 0 Å². The first-order chi connectivity index (χ1) is 22.2. The molecule has 0 saturated carbocycles. The summed E-state index contributed by atoms with van der Waals surface area (Å²) in [6, 6.07) is 10.5. The van der Waals surface area contributed by atoms with E-state index in [0.29, 0.717) is 25.7 Å². The number of nitrogens with zero attached hydrogens (tertiary/aromatic N) is 5. The molecule has 3 atom stereocenters. The maximum atomic E-state index is 13.8. The topological polar surface area (TPSA) is 52.6 Å². The summed E-state index contributed by atoms with van der Waals surface area (Å²) in [5.74, 6) is 0.130. The number of benzene rings is 2. The fourth-order valence-electron chi connectivity index (χ4n) is 6.66. The molecular weight excluding hydrogens is 620 g/mol. The van der Waals surface area contributed by atoms with Gasteiger partial charge in [0.15, 0.2) is 0 Å². The summed E-state index contributed by atoms with van der Waals surface area (Å²) in [6.07, 6.45) is -2.75. The second kappa shape index (κ2) is 15.4. The number of piperidine rings is 1. The van der Waals surface area contributed by atoms with Gasteiger partial charge < -0.3 is 14.7 Å². The van der Waals surface area contributed by atoms with Crippen LogP contribution in [0.3, 0.4) is 0 Å². The van der Waals surface area contributed by atoms with Gasteiger partial charge in [-0.15, -0.1) is 0 Å². The molecule has 1 aromatic heterocycles. The van der Waals surface area contributed by atoms with Crippen LogP contribution in [-0.2, 0) is 30.1 Å². The van der Waals surface area contributed by atoms with Gasteiger partial charge in [0.05, 0.1) is 29.2 Å². The Labute approximate surface area is 272 Å². The summed E-state index contributed by atoms with van der Waals surface area (Å²) in [4.78, 5) is 28.0. The van der Waals surface area contributed by atoms with E-state index in [1.165, 1.54) is 6.92 Å². The third-order valence-corrected chi connectivity index (χ3v) is 8.70. The number of hydrogen-bond acceptors (Lipinski definition) is 5. The van der Waals surface area contributed by atoms with E-state index < -0.39 is 23.5 Å². The molecule has 12 heteroatoms. The van der Waals surface area contributed by atoms with Crippen molar-refractivity contribution < 1.29 is 31.1 Å². The van der Waals surface area contributed by atoms with E-state index >= 15 is 0 Å². The fraction of sp³-hybridized carbons (Fsp3) is 0.514. The van der Waals surface area contributed by atoms with Crippen molar-refractivity contribution in [2.24, 2.45) is 0 Å². The van der Waals surface area contributed by atoms with Crippen LogP contribution in [0.1, 0.15) is 82.1 Å². The molecule has 1 aliphatic rings. The van der Waals surface area contributed by atoms with Gasteiger partial charge >= 0.3 is 12.4 Å². The van der Waals surface area contributed by atoms with E-state index in [2.05, 4.69) is 28.7 Å². The lowest BCUT2D eigenvalue weighted by Crippen LogP contribution is -2.57. The predicted octanol–water partition coefficient (Wildman–Crippen LogP) is 8.55. The van der Waals surface area contributed by atoms with Crippen LogP contribution in [0.4, 0.5) is 38.0 Å². The maximum Gasteiger partial charge on any atom is 0.416 e. The molecular formula is C35H43F6N5O. The average Bonchev–Trinajstić information content (AvgIpc) is 3.02. The van der Waals surface area contributed by atoms with Gasteiger partial charge in [0.2, 0.25) is 11.9 Å². The quantitative estimate of drug-likeness (QED) is 0.182. The lowest BCUT2D eigenvalue weighted by Gasteiger charge is -2.48. The maximum absolute atomic E-state index is 13.8. The Bertz CT molecular complexity index is 1410. The normalized spacial score (nSPS) is 18.7. The summed E-state index contributed by atoms with van der Waals surface area (Å²) in [6.45, 7) is 8.91. The SMILES string of the molecule is CCCN(CCC)c1cnc(N(Cc2cc(C(F)(F)F)cc(C(F)(F)F)c2)[C@H]2C[C@@H](CC)N(C(C)=O)[C@@H](Cc3ccccc3)C2)nc1.